The number of benzene rings is 1. The van der Waals surface area contributed by atoms with E-state index in [1.165, 1.54) is 18.2 Å². The molecule has 0 heterocycles. The molecule has 0 aliphatic heterocycles. The van der Waals surface area contributed by atoms with Crippen LogP contribution in [0.3, 0.4) is 0 Å². The Hall–Kier alpha value is -1.39. The second kappa shape index (κ2) is 4.42. The van der Waals surface area contributed by atoms with E-state index in [0.717, 1.165) is 0 Å². The normalized spacial score (nSPS) is 10.9. The van der Waals surface area contributed by atoms with Gasteiger partial charge in [-0.15, -0.1) is 0 Å². The topological polar surface area (TPSA) is 61.8 Å². The molecule has 0 unspecified atom stereocenters. The Balaban J connectivity index is 3.14. The summed E-state index contributed by atoms with van der Waals surface area (Å²) in [6, 6.07) is 5.72. The number of nitrogens with zero attached hydrogens (tertiary/aromatic N) is 1. The van der Waals surface area contributed by atoms with Gasteiger partial charge in [0.1, 0.15) is 6.07 Å². The zero-order valence-electron chi connectivity index (χ0n) is 7.30. The first-order chi connectivity index (χ1) is 6.98. The summed E-state index contributed by atoms with van der Waals surface area (Å²) in [7, 11) is 0. The van der Waals surface area contributed by atoms with Crippen molar-refractivity contribution >= 4 is 17.4 Å². The number of halogens is 3. The minimum atomic E-state index is -4.42. The third-order valence-electron chi connectivity index (χ3n) is 1.52. The van der Waals surface area contributed by atoms with Crippen molar-refractivity contribution in [1.82, 2.24) is 0 Å². The molecule has 1 aromatic carbocycles. The molecule has 1 aromatic rings. The number of hydrogen-bond acceptors (Lipinski definition) is 4. The summed E-state index contributed by atoms with van der Waals surface area (Å²) in [6.45, 7) is 0. The lowest BCUT2D eigenvalue weighted by atomic mass is 10.2. The minimum Gasteiger partial charge on any atom is -0.323 e. The molecule has 1 rings (SSSR count). The summed E-state index contributed by atoms with van der Waals surface area (Å²) in [5.74, 6) is 5.07. The van der Waals surface area contributed by atoms with Crippen molar-refractivity contribution in [3.63, 3.8) is 0 Å². The van der Waals surface area contributed by atoms with Gasteiger partial charge in [0, 0.05) is 4.90 Å². The van der Waals surface area contributed by atoms with Crippen LogP contribution in [0, 0.1) is 11.3 Å². The smallest absolute Gasteiger partial charge is 0.323 e. The monoisotopic (exact) mass is 233 g/mol. The van der Waals surface area contributed by atoms with Gasteiger partial charge in [-0.2, -0.15) is 18.4 Å². The Morgan fingerprint density at radius 3 is 2.53 bits per heavy atom. The van der Waals surface area contributed by atoms with Crippen molar-refractivity contribution < 1.29 is 13.2 Å². The maximum atomic E-state index is 12.1. The number of rotatable bonds is 2. The van der Waals surface area contributed by atoms with Gasteiger partial charge in [-0.1, -0.05) is 6.07 Å². The Kier molecular flexibility index (Phi) is 3.44. The van der Waals surface area contributed by atoms with E-state index in [1.807, 2.05) is 0 Å². The molecule has 3 N–H and O–H groups in total. The van der Waals surface area contributed by atoms with Crippen molar-refractivity contribution in [3.05, 3.63) is 23.8 Å². The first-order valence-corrected chi connectivity index (χ1v) is 4.55. The summed E-state index contributed by atoms with van der Waals surface area (Å²) in [4.78, 5) is -0.166. The largest absolute Gasteiger partial charge is 0.446 e. The summed E-state index contributed by atoms with van der Waals surface area (Å²) in [5.41, 5.74) is -2.18. The molecule has 0 fully saturated rings. The molecular formula is C8H6F3N3S. The fourth-order valence-electron chi connectivity index (χ4n) is 0.976. The molecule has 0 aliphatic rings. The van der Waals surface area contributed by atoms with Crippen LogP contribution in [0.2, 0.25) is 0 Å². The summed E-state index contributed by atoms with van der Waals surface area (Å²) in [5, 5.41) is 8.70. The maximum Gasteiger partial charge on any atom is 0.446 e. The highest BCUT2D eigenvalue weighted by Gasteiger charge is 2.30. The van der Waals surface area contributed by atoms with E-state index in [-0.39, 0.29) is 27.9 Å². The molecule has 0 amide bonds. The number of nitriles is 1. The SMILES string of the molecule is N#Cc1c(NN)cccc1SC(F)(F)F. The number of alkyl halides is 3. The van der Waals surface area contributed by atoms with E-state index >= 15 is 0 Å². The van der Waals surface area contributed by atoms with Crippen LogP contribution in [0.15, 0.2) is 23.1 Å². The molecule has 0 radical (unpaired) electrons. The van der Waals surface area contributed by atoms with E-state index in [0.29, 0.717) is 0 Å². The quantitative estimate of drug-likeness (QED) is 0.468. The molecule has 15 heavy (non-hydrogen) atoms. The molecule has 0 atom stereocenters. The first kappa shape index (κ1) is 11.7. The van der Waals surface area contributed by atoms with Crippen LogP contribution in [0.25, 0.3) is 0 Å². The van der Waals surface area contributed by atoms with Crippen LogP contribution in [0.1, 0.15) is 5.56 Å². The molecular weight excluding hydrogens is 227 g/mol. The Morgan fingerprint density at radius 1 is 1.40 bits per heavy atom. The summed E-state index contributed by atoms with van der Waals surface area (Å²) < 4.78 is 36.3. The van der Waals surface area contributed by atoms with E-state index in [9.17, 15) is 13.2 Å². The van der Waals surface area contributed by atoms with E-state index in [4.69, 9.17) is 11.1 Å². The fraction of sp³-hybridized carbons (Fsp3) is 0.125. The summed E-state index contributed by atoms with van der Waals surface area (Å²) >= 11 is -0.337. The van der Waals surface area contributed by atoms with Gasteiger partial charge >= 0.3 is 5.51 Å². The predicted octanol–water partition coefficient (Wildman–Crippen LogP) is 2.46. The number of thioether (sulfide) groups is 1. The molecule has 0 aromatic heterocycles. The van der Waals surface area contributed by atoms with Gasteiger partial charge in [0.15, 0.2) is 0 Å². The Morgan fingerprint density at radius 2 is 2.07 bits per heavy atom. The zero-order valence-corrected chi connectivity index (χ0v) is 8.12. The molecule has 0 bridgehead atoms. The highest BCUT2D eigenvalue weighted by atomic mass is 32.2. The number of nitrogens with one attached hydrogen (secondary N) is 1. The second-order valence-electron chi connectivity index (χ2n) is 2.48. The molecule has 0 saturated carbocycles. The lowest BCUT2D eigenvalue weighted by Gasteiger charge is -2.09. The first-order valence-electron chi connectivity index (χ1n) is 3.73. The second-order valence-corrected chi connectivity index (χ2v) is 3.59. The average Bonchev–Trinajstić information content (AvgIpc) is 2.15. The van der Waals surface area contributed by atoms with Crippen LogP contribution in [-0.4, -0.2) is 5.51 Å². The Bertz CT molecular complexity index is 397. The number of hydrogen-bond donors (Lipinski definition) is 2. The van der Waals surface area contributed by atoms with Crippen molar-refractivity contribution in [2.75, 3.05) is 5.43 Å². The summed E-state index contributed by atoms with van der Waals surface area (Å²) in [6.07, 6.45) is 0. The number of hydrazine groups is 1. The van der Waals surface area contributed by atoms with Crippen LogP contribution in [-0.2, 0) is 0 Å². The molecule has 0 spiro atoms. The van der Waals surface area contributed by atoms with Gasteiger partial charge in [0.2, 0.25) is 0 Å². The van der Waals surface area contributed by atoms with Gasteiger partial charge in [-0.3, -0.25) is 5.84 Å². The van der Waals surface area contributed by atoms with E-state index < -0.39 is 5.51 Å². The lowest BCUT2D eigenvalue weighted by Crippen LogP contribution is -2.09. The minimum absolute atomic E-state index is 0.109. The van der Waals surface area contributed by atoms with Crippen LogP contribution in [0.4, 0.5) is 18.9 Å². The number of anilines is 1. The number of nitrogens with two attached hydrogens (primary N) is 1. The number of nitrogen functional groups attached to an aromatic ring is 1. The van der Waals surface area contributed by atoms with Gasteiger partial charge in [-0.05, 0) is 23.9 Å². The lowest BCUT2D eigenvalue weighted by molar-refractivity contribution is -0.0328. The van der Waals surface area contributed by atoms with Gasteiger partial charge in [-0.25, -0.2) is 0 Å². The third-order valence-corrected chi connectivity index (χ3v) is 2.31. The van der Waals surface area contributed by atoms with E-state index in [2.05, 4.69) is 5.43 Å². The molecule has 7 heteroatoms. The van der Waals surface area contributed by atoms with Crippen molar-refractivity contribution in [2.24, 2.45) is 5.84 Å². The standard InChI is InChI=1S/C8H6F3N3S/c9-8(10,11)15-7-3-1-2-6(14-13)5(7)4-12/h1-3,14H,13H2. The molecule has 0 aliphatic carbocycles. The van der Waals surface area contributed by atoms with E-state index in [1.54, 1.807) is 6.07 Å². The predicted molar refractivity (Wildman–Crippen MR) is 50.9 cm³/mol. The van der Waals surface area contributed by atoms with Crippen molar-refractivity contribution in [3.8, 4) is 6.07 Å². The fourth-order valence-corrected chi connectivity index (χ4v) is 1.63. The van der Waals surface area contributed by atoms with Crippen molar-refractivity contribution in [1.29, 1.82) is 5.26 Å². The van der Waals surface area contributed by atoms with Gasteiger partial charge in [0.25, 0.3) is 0 Å². The van der Waals surface area contributed by atoms with Gasteiger partial charge < -0.3 is 5.43 Å². The van der Waals surface area contributed by atoms with Gasteiger partial charge in [0.05, 0.1) is 11.3 Å². The van der Waals surface area contributed by atoms with Crippen LogP contribution >= 0.6 is 11.8 Å². The molecule has 80 valence electrons. The highest BCUT2D eigenvalue weighted by Crippen LogP contribution is 2.39. The highest BCUT2D eigenvalue weighted by molar-refractivity contribution is 8.00. The van der Waals surface area contributed by atoms with Crippen molar-refractivity contribution in [2.45, 2.75) is 10.4 Å². The average molecular weight is 233 g/mol. The Labute approximate surface area is 88.0 Å². The zero-order chi connectivity index (χ0) is 11.5. The molecule has 3 nitrogen and oxygen atoms in total. The molecule has 0 saturated heterocycles. The third kappa shape index (κ3) is 3.04. The van der Waals surface area contributed by atoms with Crippen LogP contribution < -0.4 is 11.3 Å². The maximum absolute atomic E-state index is 12.1. The van der Waals surface area contributed by atoms with Crippen LogP contribution in [0.5, 0.6) is 0 Å².